The second-order valence-corrected chi connectivity index (χ2v) is 7.89. The van der Waals surface area contributed by atoms with Crippen LogP contribution in [0.2, 0.25) is 0 Å². The Morgan fingerprint density at radius 1 is 1.12 bits per heavy atom. The van der Waals surface area contributed by atoms with Gasteiger partial charge in [-0.25, -0.2) is 0 Å². The summed E-state index contributed by atoms with van der Waals surface area (Å²) < 4.78 is 16.0. The van der Waals surface area contributed by atoms with Gasteiger partial charge in [-0.1, -0.05) is 47.2 Å². The van der Waals surface area contributed by atoms with Crippen LogP contribution in [0.15, 0.2) is 75.4 Å². The number of methoxy groups -OCH3 is 2. The molecule has 0 aliphatic heterocycles. The molecule has 0 saturated carbocycles. The van der Waals surface area contributed by atoms with Gasteiger partial charge in [0.05, 0.1) is 26.2 Å². The van der Waals surface area contributed by atoms with Gasteiger partial charge in [0.15, 0.2) is 11.6 Å². The fraction of sp³-hybridized carbons (Fsp3) is 0.167. The minimum atomic E-state index is -0.346. The van der Waals surface area contributed by atoms with E-state index in [1.165, 1.54) is 18.9 Å². The first-order valence-electron chi connectivity index (χ1n) is 10.3. The van der Waals surface area contributed by atoms with E-state index in [9.17, 15) is 4.79 Å². The minimum absolute atomic E-state index is 0.127. The summed E-state index contributed by atoms with van der Waals surface area (Å²) in [7, 11) is 2.94. The molecule has 2 aromatic heterocycles. The number of aromatic nitrogens is 3. The maximum absolute atomic E-state index is 11.3. The van der Waals surface area contributed by atoms with E-state index in [-0.39, 0.29) is 11.7 Å². The number of oxime groups is 1. The fourth-order valence-electron chi connectivity index (χ4n) is 2.99. The van der Waals surface area contributed by atoms with E-state index in [1.807, 2.05) is 54.6 Å². The van der Waals surface area contributed by atoms with Crippen molar-refractivity contribution in [2.75, 3.05) is 20.0 Å². The summed E-state index contributed by atoms with van der Waals surface area (Å²) in [6.45, 7) is 0.373. The van der Waals surface area contributed by atoms with Gasteiger partial charge in [0.1, 0.15) is 18.1 Å². The van der Waals surface area contributed by atoms with E-state index in [0.29, 0.717) is 34.9 Å². The maximum atomic E-state index is 11.3. The molecule has 9 nitrogen and oxygen atoms in total. The average molecular weight is 479 g/mol. The lowest BCUT2D eigenvalue weighted by Crippen LogP contribution is -2.03. The lowest BCUT2D eigenvalue weighted by atomic mass is 10.1. The number of furan rings is 1. The molecule has 0 aliphatic carbocycles. The van der Waals surface area contributed by atoms with Crippen molar-refractivity contribution >= 4 is 23.9 Å². The van der Waals surface area contributed by atoms with Crippen LogP contribution in [-0.2, 0) is 21.0 Å². The molecule has 34 heavy (non-hydrogen) atoms. The number of nitrogens with one attached hydrogen (secondary N) is 1. The summed E-state index contributed by atoms with van der Waals surface area (Å²) in [5.41, 5.74) is 2.60. The van der Waals surface area contributed by atoms with Gasteiger partial charge in [0.2, 0.25) is 5.16 Å². The summed E-state index contributed by atoms with van der Waals surface area (Å²) in [4.78, 5) is 21.1. The zero-order valence-electron chi connectivity index (χ0n) is 18.6. The number of carbonyl (C=O) groups is 1. The average Bonchev–Trinajstić information content (AvgIpc) is 3.55. The first-order valence-corrected chi connectivity index (χ1v) is 11.2. The van der Waals surface area contributed by atoms with Crippen molar-refractivity contribution < 1.29 is 23.5 Å². The van der Waals surface area contributed by atoms with Gasteiger partial charge in [0.25, 0.3) is 0 Å². The van der Waals surface area contributed by atoms with E-state index < -0.39 is 0 Å². The number of rotatable bonds is 10. The Bertz CT molecular complexity index is 1270. The van der Waals surface area contributed by atoms with Crippen LogP contribution in [0.5, 0.6) is 5.75 Å². The zero-order chi connectivity index (χ0) is 23.8. The van der Waals surface area contributed by atoms with Crippen molar-refractivity contribution in [1.29, 1.82) is 0 Å². The summed E-state index contributed by atoms with van der Waals surface area (Å²) >= 11 is 1.18. The van der Waals surface area contributed by atoms with E-state index in [0.717, 1.165) is 16.7 Å². The zero-order valence-corrected chi connectivity index (χ0v) is 19.4. The molecular weight excluding hydrogens is 456 g/mol. The number of thioether (sulfide) groups is 1. The fourth-order valence-corrected chi connectivity index (χ4v) is 3.62. The number of H-pyrrole nitrogens is 1. The van der Waals surface area contributed by atoms with Crippen molar-refractivity contribution in [3.63, 3.8) is 0 Å². The van der Waals surface area contributed by atoms with E-state index in [1.54, 1.807) is 19.4 Å². The van der Waals surface area contributed by atoms with Gasteiger partial charge in [0, 0.05) is 11.1 Å². The number of benzene rings is 2. The molecule has 10 heteroatoms. The molecule has 0 radical (unpaired) electrons. The Kier molecular flexibility index (Phi) is 7.61. The van der Waals surface area contributed by atoms with Crippen molar-refractivity contribution in [3.05, 3.63) is 71.8 Å². The van der Waals surface area contributed by atoms with Crippen LogP contribution in [0.25, 0.3) is 22.9 Å². The Hall–Kier alpha value is -4.05. The molecule has 2 heterocycles. The Balaban J connectivity index is 1.46. The van der Waals surface area contributed by atoms with Crippen LogP contribution < -0.4 is 4.74 Å². The van der Waals surface area contributed by atoms with Gasteiger partial charge >= 0.3 is 5.97 Å². The summed E-state index contributed by atoms with van der Waals surface area (Å²) in [6, 6.07) is 19.1. The van der Waals surface area contributed by atoms with E-state index in [4.69, 9.17) is 14.0 Å². The molecule has 2 aromatic carbocycles. The molecule has 0 unspecified atom stereocenters. The Labute approximate surface area is 200 Å². The molecule has 0 aliphatic rings. The van der Waals surface area contributed by atoms with Crippen LogP contribution in [0.4, 0.5) is 0 Å². The number of aromatic amines is 1. The lowest BCUT2D eigenvalue weighted by Gasteiger charge is -2.06. The molecule has 4 rings (SSSR count). The third-order valence-electron chi connectivity index (χ3n) is 4.71. The molecule has 0 saturated heterocycles. The number of nitrogens with zero attached hydrogens (tertiary/aromatic N) is 3. The van der Waals surface area contributed by atoms with Crippen molar-refractivity contribution in [3.8, 4) is 28.7 Å². The van der Waals surface area contributed by atoms with Gasteiger partial charge in [-0.2, -0.15) is 4.98 Å². The molecule has 4 aromatic rings. The third-order valence-corrected chi connectivity index (χ3v) is 5.53. The van der Waals surface area contributed by atoms with Crippen molar-refractivity contribution in [2.45, 2.75) is 11.8 Å². The molecule has 0 fully saturated rings. The molecule has 0 spiro atoms. The molecule has 1 N–H and O–H groups in total. The number of carbonyl (C=O) groups excluding carboxylic acids is 1. The highest BCUT2D eigenvalue weighted by Gasteiger charge is 2.14. The highest BCUT2D eigenvalue weighted by atomic mass is 32.2. The van der Waals surface area contributed by atoms with Crippen LogP contribution in [0.3, 0.4) is 0 Å². The van der Waals surface area contributed by atoms with E-state index >= 15 is 0 Å². The van der Waals surface area contributed by atoms with Crippen molar-refractivity contribution in [1.82, 2.24) is 15.2 Å². The molecule has 0 amide bonds. The number of ether oxygens (including phenoxy) is 2. The standard InChI is InChI=1S/C24H22N4O5S/c1-30-19-9-8-17(12-18(19)13-25-32-14-16-6-4-3-5-7-16)20-10-11-21(33-20)23-26-24(28-27-23)34-15-22(29)31-2/h3-13H,14-15H2,1-2H3,(H,26,27,28)/b25-13+. The highest BCUT2D eigenvalue weighted by Crippen LogP contribution is 2.30. The molecular formula is C24H22N4O5S. The second kappa shape index (κ2) is 11.2. The minimum Gasteiger partial charge on any atom is -0.496 e. The monoisotopic (exact) mass is 478 g/mol. The second-order valence-electron chi connectivity index (χ2n) is 6.95. The predicted octanol–water partition coefficient (Wildman–Crippen LogP) is 4.56. The summed E-state index contributed by atoms with van der Waals surface area (Å²) in [5, 5.41) is 11.4. The molecule has 0 bridgehead atoms. The van der Waals surface area contributed by atoms with Gasteiger partial charge in [-0.3, -0.25) is 9.89 Å². The van der Waals surface area contributed by atoms with Gasteiger partial charge in [-0.05, 0) is 35.9 Å². The van der Waals surface area contributed by atoms with Gasteiger partial charge < -0.3 is 18.7 Å². The third kappa shape index (κ3) is 5.84. The SMILES string of the molecule is COC(=O)CSc1n[nH]c(-c2ccc(-c3ccc(OC)c(/C=N/OCc4ccccc4)c3)o2)n1. The summed E-state index contributed by atoms with van der Waals surface area (Å²) in [5.74, 6) is 2.05. The number of hydrogen-bond donors (Lipinski definition) is 1. The van der Waals surface area contributed by atoms with Gasteiger partial charge in [-0.15, -0.1) is 5.10 Å². The number of hydrogen-bond acceptors (Lipinski definition) is 9. The first kappa shape index (κ1) is 23.1. The Morgan fingerprint density at radius 3 is 2.74 bits per heavy atom. The predicted molar refractivity (Wildman–Crippen MR) is 128 cm³/mol. The normalized spacial score (nSPS) is 11.0. The maximum Gasteiger partial charge on any atom is 0.316 e. The smallest absolute Gasteiger partial charge is 0.316 e. The van der Waals surface area contributed by atoms with Crippen LogP contribution in [0, 0.1) is 0 Å². The van der Waals surface area contributed by atoms with Crippen LogP contribution >= 0.6 is 11.8 Å². The molecule has 174 valence electrons. The quantitative estimate of drug-likeness (QED) is 0.153. The largest absolute Gasteiger partial charge is 0.496 e. The summed E-state index contributed by atoms with van der Waals surface area (Å²) in [6.07, 6.45) is 1.61. The van der Waals surface area contributed by atoms with E-state index in [2.05, 4.69) is 25.1 Å². The lowest BCUT2D eigenvalue weighted by molar-refractivity contribution is -0.137. The molecule has 0 atom stereocenters. The topological polar surface area (TPSA) is 112 Å². The highest BCUT2D eigenvalue weighted by molar-refractivity contribution is 7.99. The number of esters is 1. The van der Waals surface area contributed by atoms with Crippen molar-refractivity contribution in [2.24, 2.45) is 5.16 Å². The Morgan fingerprint density at radius 2 is 1.94 bits per heavy atom. The van der Waals surface area contributed by atoms with Crippen LogP contribution in [-0.4, -0.2) is 47.3 Å². The van der Waals surface area contributed by atoms with Crippen LogP contribution in [0.1, 0.15) is 11.1 Å². The first-order chi connectivity index (χ1) is 16.7.